The molecule has 0 bridgehead atoms. The molecular weight excluding hydrogens is 249 g/mol. The number of thiophene rings is 1. The molecule has 1 saturated heterocycles. The molecule has 18 heavy (non-hydrogen) atoms. The smallest absolute Gasteiger partial charge is 0.260 e. The second-order valence-corrected chi connectivity index (χ2v) is 5.59. The van der Waals surface area contributed by atoms with E-state index < -0.39 is 11.6 Å². The van der Waals surface area contributed by atoms with Crippen molar-refractivity contribution in [1.82, 2.24) is 10.2 Å². The fraction of sp³-hybridized carbons (Fsp3) is 0.455. The first kappa shape index (κ1) is 13.1. The van der Waals surface area contributed by atoms with E-state index in [9.17, 15) is 4.79 Å². The Kier molecular flexibility index (Phi) is 3.20. The van der Waals surface area contributed by atoms with Crippen molar-refractivity contribution in [3.63, 3.8) is 0 Å². The highest BCUT2D eigenvalue weighted by atomic mass is 32.1. The van der Waals surface area contributed by atoms with Crippen molar-refractivity contribution in [3.05, 3.63) is 16.3 Å². The molecule has 1 aromatic heterocycles. The maximum atomic E-state index is 12.2. The van der Waals surface area contributed by atoms with Gasteiger partial charge in [0.2, 0.25) is 0 Å². The summed E-state index contributed by atoms with van der Waals surface area (Å²) in [6.07, 6.45) is -0.630. The number of amides is 1. The summed E-state index contributed by atoms with van der Waals surface area (Å²) in [4.78, 5) is 14.5. The molecule has 2 atom stereocenters. The molecule has 96 valence electrons. The molecule has 5 nitrogen and oxygen atoms in total. The average Bonchev–Trinajstić information content (AvgIpc) is 2.74. The van der Waals surface area contributed by atoms with Crippen molar-refractivity contribution in [3.8, 4) is 0 Å². The van der Waals surface area contributed by atoms with E-state index in [1.165, 1.54) is 12.0 Å². The van der Waals surface area contributed by atoms with E-state index >= 15 is 0 Å². The van der Waals surface area contributed by atoms with Crippen LogP contribution >= 0.6 is 11.3 Å². The number of hydrogen-bond donors (Lipinski definition) is 2. The molecule has 2 rings (SSSR count). The third kappa shape index (κ3) is 1.83. The van der Waals surface area contributed by atoms with E-state index in [-0.39, 0.29) is 11.9 Å². The average molecular weight is 265 g/mol. The first-order valence-electron chi connectivity index (χ1n) is 5.63. The van der Waals surface area contributed by atoms with E-state index in [2.05, 4.69) is 5.32 Å². The molecule has 0 spiro atoms. The van der Waals surface area contributed by atoms with Gasteiger partial charge in [-0.05, 0) is 12.3 Å². The van der Waals surface area contributed by atoms with Crippen LogP contribution in [0.15, 0.2) is 11.4 Å². The van der Waals surface area contributed by atoms with Gasteiger partial charge in [-0.3, -0.25) is 15.1 Å². The first-order valence-corrected chi connectivity index (χ1v) is 6.51. The molecular formula is C11H16BN3O2S. The van der Waals surface area contributed by atoms with Crippen LogP contribution in [0.3, 0.4) is 0 Å². The molecule has 0 radical (unpaired) electrons. The number of methoxy groups -OCH3 is 1. The predicted molar refractivity (Wildman–Crippen MR) is 74.3 cm³/mol. The van der Waals surface area contributed by atoms with Gasteiger partial charge in [0.25, 0.3) is 5.91 Å². The van der Waals surface area contributed by atoms with E-state index in [0.717, 1.165) is 10.3 Å². The number of rotatable bonds is 2. The lowest BCUT2D eigenvalue weighted by Gasteiger charge is -2.43. The minimum absolute atomic E-state index is 0.0989. The molecule has 1 aromatic rings. The standard InChI is InChI=1S/C11H16BN3O2S/c1-11(7-4-6(12)5-18-7)8(17-3)9(16)15(2)10(13)14-11/h4-5,8H,12H2,1-3H3,(H2,13,14)/t8?,11-/m1/s1. The first-order chi connectivity index (χ1) is 8.40. The lowest BCUT2D eigenvalue weighted by Crippen LogP contribution is -2.66. The Morgan fingerprint density at radius 2 is 2.33 bits per heavy atom. The minimum Gasteiger partial charge on any atom is -0.369 e. The van der Waals surface area contributed by atoms with Gasteiger partial charge in [0.15, 0.2) is 12.1 Å². The number of nitrogens with zero attached hydrogens (tertiary/aromatic N) is 1. The summed E-state index contributed by atoms with van der Waals surface area (Å²) < 4.78 is 5.36. The van der Waals surface area contributed by atoms with E-state index in [4.69, 9.17) is 10.1 Å². The summed E-state index contributed by atoms with van der Waals surface area (Å²) in [6, 6.07) is 2.02. The van der Waals surface area contributed by atoms with Crippen LogP contribution in [0.25, 0.3) is 0 Å². The number of likely N-dealkylation sites (N-methyl/N-ethyl adjacent to an activating group) is 1. The maximum Gasteiger partial charge on any atom is 0.260 e. The van der Waals surface area contributed by atoms with Gasteiger partial charge >= 0.3 is 0 Å². The molecule has 1 unspecified atom stereocenters. The molecule has 0 saturated carbocycles. The molecule has 2 N–H and O–H groups in total. The third-order valence-corrected chi connectivity index (χ3v) is 4.56. The number of carbonyl (C=O) groups excluding carboxylic acids is 1. The van der Waals surface area contributed by atoms with Gasteiger partial charge < -0.3 is 10.1 Å². The number of carbonyl (C=O) groups is 1. The Bertz CT molecular complexity index is 504. The van der Waals surface area contributed by atoms with Crippen molar-refractivity contribution in [2.24, 2.45) is 0 Å². The summed E-state index contributed by atoms with van der Waals surface area (Å²) in [6.45, 7) is 1.89. The molecule has 7 heteroatoms. The predicted octanol–water partition coefficient (Wildman–Crippen LogP) is -0.767. The molecule has 0 aliphatic carbocycles. The molecule has 0 aromatic carbocycles. The normalized spacial score (nSPS) is 28.4. The quantitative estimate of drug-likeness (QED) is 0.690. The summed E-state index contributed by atoms with van der Waals surface area (Å²) in [5, 5.41) is 13.0. The number of hydrogen-bond acceptors (Lipinski definition) is 4. The fourth-order valence-corrected chi connectivity index (χ4v) is 3.20. The second-order valence-electron chi connectivity index (χ2n) is 4.68. The van der Waals surface area contributed by atoms with Crippen LogP contribution in [0.5, 0.6) is 0 Å². The monoisotopic (exact) mass is 265 g/mol. The fourth-order valence-electron chi connectivity index (χ4n) is 2.16. The van der Waals surface area contributed by atoms with Crippen molar-refractivity contribution >= 4 is 36.5 Å². The Morgan fingerprint density at radius 1 is 1.67 bits per heavy atom. The van der Waals surface area contributed by atoms with Crippen LogP contribution in [-0.4, -0.2) is 44.9 Å². The lowest BCUT2D eigenvalue weighted by molar-refractivity contribution is -0.144. The van der Waals surface area contributed by atoms with Gasteiger partial charge in [-0.15, -0.1) is 11.3 Å². The highest BCUT2D eigenvalue weighted by Crippen LogP contribution is 2.33. The zero-order valence-corrected chi connectivity index (χ0v) is 11.7. The van der Waals surface area contributed by atoms with Crippen LogP contribution in [0.4, 0.5) is 0 Å². The Morgan fingerprint density at radius 3 is 2.83 bits per heavy atom. The zero-order chi connectivity index (χ0) is 13.5. The summed E-state index contributed by atoms with van der Waals surface area (Å²) in [7, 11) is 5.10. The van der Waals surface area contributed by atoms with Gasteiger partial charge in [0.05, 0.1) is 0 Å². The molecule has 1 aliphatic rings. The highest BCUT2D eigenvalue weighted by Gasteiger charge is 2.48. The number of ether oxygens (including phenoxy) is 1. The van der Waals surface area contributed by atoms with Crippen molar-refractivity contribution < 1.29 is 9.53 Å². The third-order valence-electron chi connectivity index (χ3n) is 3.27. The van der Waals surface area contributed by atoms with Crippen LogP contribution in [0.1, 0.15) is 11.8 Å². The van der Waals surface area contributed by atoms with Crippen molar-refractivity contribution in [2.75, 3.05) is 14.2 Å². The highest BCUT2D eigenvalue weighted by molar-refractivity contribution is 7.11. The van der Waals surface area contributed by atoms with Crippen LogP contribution in [0.2, 0.25) is 0 Å². The van der Waals surface area contributed by atoms with E-state index in [1.54, 1.807) is 18.4 Å². The van der Waals surface area contributed by atoms with Crippen LogP contribution in [-0.2, 0) is 15.1 Å². The number of nitrogens with one attached hydrogen (secondary N) is 2. The lowest BCUT2D eigenvalue weighted by atomic mass is 9.87. The zero-order valence-electron chi connectivity index (χ0n) is 10.9. The molecule has 1 fully saturated rings. The van der Waals surface area contributed by atoms with Gasteiger partial charge in [0, 0.05) is 19.0 Å². The van der Waals surface area contributed by atoms with Crippen molar-refractivity contribution in [2.45, 2.75) is 18.6 Å². The Balaban J connectivity index is 2.46. The summed E-state index contributed by atoms with van der Waals surface area (Å²) in [5.74, 6) is -0.100. The summed E-state index contributed by atoms with van der Waals surface area (Å²) in [5.41, 5.74) is 0.458. The van der Waals surface area contributed by atoms with Crippen LogP contribution in [0, 0.1) is 5.41 Å². The minimum atomic E-state index is -0.686. The van der Waals surface area contributed by atoms with E-state index in [1.807, 2.05) is 26.2 Å². The van der Waals surface area contributed by atoms with Gasteiger partial charge in [0.1, 0.15) is 13.4 Å². The van der Waals surface area contributed by atoms with Gasteiger partial charge in [-0.25, -0.2) is 0 Å². The summed E-state index contributed by atoms with van der Waals surface area (Å²) >= 11 is 1.57. The topological polar surface area (TPSA) is 65.4 Å². The Hall–Kier alpha value is -1.34. The maximum absolute atomic E-state index is 12.2. The molecule has 1 aliphatic heterocycles. The van der Waals surface area contributed by atoms with Crippen molar-refractivity contribution in [1.29, 1.82) is 5.41 Å². The van der Waals surface area contributed by atoms with Gasteiger partial charge in [-0.1, -0.05) is 11.5 Å². The molecule has 1 amide bonds. The Labute approximate surface area is 111 Å². The van der Waals surface area contributed by atoms with Gasteiger partial charge in [-0.2, -0.15) is 0 Å². The molecule has 2 heterocycles. The van der Waals surface area contributed by atoms with Crippen LogP contribution < -0.4 is 10.8 Å². The largest absolute Gasteiger partial charge is 0.369 e. The van der Waals surface area contributed by atoms with E-state index in [0.29, 0.717) is 0 Å². The second kappa shape index (κ2) is 4.40. The SMILES string of the molecule is Bc1csc([C@@]2(C)NC(=N)N(C)C(=O)C2OC)c1. The number of guanidine groups is 1.